The normalized spacial score (nSPS) is 11.5. The van der Waals surface area contributed by atoms with E-state index in [1.807, 2.05) is 36.4 Å². The van der Waals surface area contributed by atoms with Crippen molar-refractivity contribution in [3.05, 3.63) is 107 Å². The predicted molar refractivity (Wildman–Crippen MR) is 187 cm³/mol. The molecule has 1 aromatic heterocycles. The van der Waals surface area contributed by atoms with Gasteiger partial charge in [-0.25, -0.2) is 14.6 Å². The van der Waals surface area contributed by atoms with E-state index in [0.717, 1.165) is 10.9 Å². The van der Waals surface area contributed by atoms with Crippen LogP contribution in [0.2, 0.25) is 0 Å². The monoisotopic (exact) mass is 749 g/mol. The minimum atomic E-state index is -5.08. The lowest BCUT2D eigenvalue weighted by Gasteiger charge is -2.20. The van der Waals surface area contributed by atoms with E-state index in [9.17, 15) is 37.6 Å². The molecule has 4 aromatic rings. The molecule has 0 bridgehead atoms. The first-order valence-corrected chi connectivity index (χ1v) is 15.8. The Morgan fingerprint density at radius 3 is 2.35 bits per heavy atom. The van der Waals surface area contributed by atoms with Gasteiger partial charge in [-0.3, -0.25) is 14.4 Å². The van der Waals surface area contributed by atoms with Crippen LogP contribution in [0.5, 0.6) is 5.75 Å². The van der Waals surface area contributed by atoms with Crippen molar-refractivity contribution in [2.24, 2.45) is 0 Å². The Bertz CT molecular complexity index is 2070. The number of nitrogen functional groups attached to an aromatic ring is 1. The number of benzene rings is 3. The number of ether oxygens (including phenoxy) is 3. The molecule has 0 spiro atoms. The van der Waals surface area contributed by atoms with Crippen molar-refractivity contribution in [2.45, 2.75) is 38.6 Å². The number of nitriles is 1. The van der Waals surface area contributed by atoms with Crippen molar-refractivity contribution < 1.29 is 56.5 Å². The molecular formula is C37H34F3N5O9. The standard InChI is InChI=1S/C35H33N5O7.C2HF3O2/c1-22(41)38-30(35(44)45-2)18-26-9-8-24(19-36)16-31(26)46-21-28(12-15-33(42)47-20-23-6-4-3-5-7-23)39-34(43)27-10-13-29-25(17-27)11-14-32(37)40-29;3-2(4,5)1(6)7/h3-11,13-14,16-18,28H,12,15,20-21H2,1-2H3,(H2,37,40)(H,38,41)(H,39,43);(H,6,7)/t28-;/m1./s1. The summed E-state index contributed by atoms with van der Waals surface area (Å²) >= 11 is 0. The van der Waals surface area contributed by atoms with Crippen molar-refractivity contribution in [1.29, 1.82) is 5.26 Å². The van der Waals surface area contributed by atoms with E-state index in [1.165, 1.54) is 32.2 Å². The number of carboxylic acids is 1. The van der Waals surface area contributed by atoms with E-state index in [-0.39, 0.29) is 43.1 Å². The first kappa shape index (κ1) is 41.5. The molecule has 0 saturated carbocycles. The number of carboxylic acid groups (broad SMARTS) is 1. The molecule has 5 N–H and O–H groups in total. The SMILES string of the molecule is COC(=O)C(=Cc1ccc(C#N)cc1OC[C@@H](CCC(=O)OCc1ccccc1)NC(=O)c1ccc2nc(N)ccc2c1)NC(C)=O.O=C(O)C(F)(F)F. The van der Waals surface area contributed by atoms with E-state index in [1.54, 1.807) is 36.4 Å². The van der Waals surface area contributed by atoms with Crippen LogP contribution in [0.25, 0.3) is 17.0 Å². The number of halogens is 3. The number of carbonyl (C=O) groups excluding carboxylic acids is 4. The highest BCUT2D eigenvalue weighted by Gasteiger charge is 2.38. The molecular weight excluding hydrogens is 715 g/mol. The second-order valence-corrected chi connectivity index (χ2v) is 11.2. The Labute approximate surface area is 306 Å². The van der Waals surface area contributed by atoms with Gasteiger partial charge in [0.15, 0.2) is 0 Å². The fraction of sp³-hybridized carbons (Fsp3) is 0.216. The minimum Gasteiger partial charge on any atom is -0.491 e. The van der Waals surface area contributed by atoms with Crippen molar-refractivity contribution in [3.63, 3.8) is 0 Å². The average molecular weight is 750 g/mol. The number of rotatable bonds is 13. The van der Waals surface area contributed by atoms with Crippen LogP contribution in [-0.4, -0.2) is 65.7 Å². The number of aliphatic carboxylic acids is 1. The highest BCUT2D eigenvalue weighted by atomic mass is 19.4. The van der Waals surface area contributed by atoms with Crippen LogP contribution >= 0.6 is 0 Å². The molecule has 54 heavy (non-hydrogen) atoms. The number of pyridine rings is 1. The maximum Gasteiger partial charge on any atom is 0.490 e. The molecule has 1 atom stereocenters. The summed E-state index contributed by atoms with van der Waals surface area (Å²) in [5.74, 6) is -4.37. The number of nitrogens with zero attached hydrogens (tertiary/aromatic N) is 2. The van der Waals surface area contributed by atoms with Gasteiger partial charge in [0.1, 0.15) is 30.5 Å². The summed E-state index contributed by atoms with van der Waals surface area (Å²) in [4.78, 5) is 63.2. The number of carbonyl (C=O) groups is 5. The van der Waals surface area contributed by atoms with Gasteiger partial charge in [-0.1, -0.05) is 30.3 Å². The van der Waals surface area contributed by atoms with Crippen LogP contribution in [0.15, 0.2) is 84.6 Å². The first-order valence-electron chi connectivity index (χ1n) is 15.8. The van der Waals surface area contributed by atoms with E-state index in [4.69, 9.17) is 29.8 Å². The molecule has 0 aliphatic rings. The van der Waals surface area contributed by atoms with Crippen LogP contribution in [0.4, 0.5) is 19.0 Å². The largest absolute Gasteiger partial charge is 0.491 e. The number of esters is 2. The van der Waals surface area contributed by atoms with Crippen molar-refractivity contribution >= 4 is 52.5 Å². The van der Waals surface area contributed by atoms with Gasteiger partial charge in [0.25, 0.3) is 5.91 Å². The van der Waals surface area contributed by atoms with Gasteiger partial charge in [-0.15, -0.1) is 0 Å². The second-order valence-electron chi connectivity index (χ2n) is 11.2. The third-order valence-corrected chi connectivity index (χ3v) is 7.09. The molecule has 1 heterocycles. The summed E-state index contributed by atoms with van der Waals surface area (Å²) < 4.78 is 48.0. The molecule has 0 saturated heterocycles. The highest BCUT2D eigenvalue weighted by Crippen LogP contribution is 2.24. The predicted octanol–water partition coefficient (Wildman–Crippen LogP) is 4.67. The number of nitrogens with one attached hydrogen (secondary N) is 2. The van der Waals surface area contributed by atoms with Gasteiger partial charge >= 0.3 is 24.1 Å². The maximum absolute atomic E-state index is 13.4. The van der Waals surface area contributed by atoms with E-state index in [0.29, 0.717) is 22.5 Å². The van der Waals surface area contributed by atoms with Crippen molar-refractivity contribution in [3.8, 4) is 11.8 Å². The van der Waals surface area contributed by atoms with E-state index >= 15 is 0 Å². The number of methoxy groups -OCH3 is 1. The number of amides is 2. The third kappa shape index (κ3) is 13.3. The zero-order valence-corrected chi connectivity index (χ0v) is 28.8. The zero-order chi connectivity index (χ0) is 39.8. The maximum atomic E-state index is 13.4. The van der Waals surface area contributed by atoms with E-state index in [2.05, 4.69) is 15.6 Å². The average Bonchev–Trinajstić information content (AvgIpc) is 3.14. The van der Waals surface area contributed by atoms with Gasteiger partial charge < -0.3 is 35.7 Å². The summed E-state index contributed by atoms with van der Waals surface area (Å²) in [5.41, 5.74) is 8.08. The molecule has 14 nitrogen and oxygen atoms in total. The molecule has 4 rings (SSSR count). The molecule has 282 valence electrons. The van der Waals surface area contributed by atoms with Crippen LogP contribution in [0, 0.1) is 11.3 Å². The summed E-state index contributed by atoms with van der Waals surface area (Å²) in [5, 5.41) is 22.7. The van der Waals surface area contributed by atoms with Crippen LogP contribution in [0.3, 0.4) is 0 Å². The summed E-state index contributed by atoms with van der Waals surface area (Å²) in [7, 11) is 1.17. The van der Waals surface area contributed by atoms with E-state index < -0.39 is 41.9 Å². The van der Waals surface area contributed by atoms with Crippen LogP contribution in [-0.2, 0) is 35.3 Å². The molecule has 17 heteroatoms. The smallest absolute Gasteiger partial charge is 0.490 e. The second kappa shape index (κ2) is 19.6. The van der Waals surface area contributed by atoms with Gasteiger partial charge in [-0.2, -0.15) is 18.4 Å². The summed E-state index contributed by atoms with van der Waals surface area (Å²) in [6, 6.07) is 23.5. The molecule has 2 amide bonds. The fourth-order valence-corrected chi connectivity index (χ4v) is 4.49. The van der Waals surface area contributed by atoms with Crippen molar-refractivity contribution in [2.75, 3.05) is 19.5 Å². The number of anilines is 1. The number of nitrogens with two attached hydrogens (primary N) is 1. The molecule has 3 aromatic carbocycles. The number of hydrogen-bond donors (Lipinski definition) is 4. The summed E-state index contributed by atoms with van der Waals surface area (Å²) in [6.45, 7) is 1.23. The molecule has 0 radical (unpaired) electrons. The Kier molecular flexibility index (Phi) is 15.0. The summed E-state index contributed by atoms with van der Waals surface area (Å²) in [6.07, 6.45) is -3.59. The Hall–Kier alpha value is -6.96. The molecule has 0 aliphatic heterocycles. The van der Waals surface area contributed by atoms with Gasteiger partial charge in [-0.05, 0) is 66.6 Å². The minimum absolute atomic E-state index is 0.0257. The molecule has 0 fully saturated rings. The number of aromatic nitrogens is 1. The van der Waals surface area contributed by atoms with Gasteiger partial charge in [0.2, 0.25) is 5.91 Å². The lowest BCUT2D eigenvalue weighted by Crippen LogP contribution is -2.39. The van der Waals surface area contributed by atoms with Crippen LogP contribution in [0.1, 0.15) is 46.8 Å². The number of fused-ring (bicyclic) bond motifs is 1. The first-order chi connectivity index (χ1) is 25.6. The third-order valence-electron chi connectivity index (χ3n) is 7.09. The number of alkyl halides is 3. The van der Waals surface area contributed by atoms with Crippen LogP contribution < -0.4 is 21.1 Å². The number of hydrogen-bond acceptors (Lipinski definition) is 11. The van der Waals surface area contributed by atoms with Crippen molar-refractivity contribution in [1.82, 2.24) is 15.6 Å². The molecule has 0 unspecified atom stereocenters. The quantitative estimate of drug-likeness (QED) is 0.108. The highest BCUT2D eigenvalue weighted by molar-refractivity contribution is 5.99. The zero-order valence-electron chi connectivity index (χ0n) is 28.8. The molecule has 0 aliphatic carbocycles. The topological polar surface area (TPSA) is 220 Å². The lowest BCUT2D eigenvalue weighted by molar-refractivity contribution is -0.192. The van der Waals surface area contributed by atoms with Gasteiger partial charge in [0, 0.05) is 29.9 Å². The Morgan fingerprint density at radius 1 is 1.02 bits per heavy atom. The fourth-order valence-electron chi connectivity index (χ4n) is 4.49. The van der Waals surface area contributed by atoms with Gasteiger partial charge in [0.05, 0.1) is 30.3 Å². The lowest BCUT2D eigenvalue weighted by atomic mass is 10.1. The Balaban J connectivity index is 0.00000102. The Morgan fingerprint density at radius 2 is 1.72 bits per heavy atom.